The third-order valence-corrected chi connectivity index (χ3v) is 5.03. The Morgan fingerprint density at radius 2 is 1.68 bits per heavy atom. The maximum Gasteiger partial charge on any atom is 0.244 e. The van der Waals surface area contributed by atoms with E-state index in [1.54, 1.807) is 44.6 Å². The van der Waals surface area contributed by atoms with Crippen molar-refractivity contribution in [1.29, 1.82) is 0 Å². The number of methoxy groups -OCH3 is 3. The predicted octanol–water partition coefficient (Wildman–Crippen LogP) is 3.71. The zero-order valence-corrected chi connectivity index (χ0v) is 16.3. The first kappa shape index (κ1) is 19.7. The maximum absolute atomic E-state index is 13.1. The van der Waals surface area contributed by atoms with Crippen LogP contribution in [0.15, 0.2) is 42.5 Å². The molecule has 0 unspecified atom stereocenters. The number of hydrogen-bond donors (Lipinski definition) is 1. The highest BCUT2D eigenvalue weighted by atomic mass is 19.1. The van der Waals surface area contributed by atoms with Gasteiger partial charge in [-0.1, -0.05) is 12.1 Å². The Labute approximate surface area is 164 Å². The fourth-order valence-electron chi connectivity index (χ4n) is 3.21. The molecule has 6 heteroatoms. The van der Waals surface area contributed by atoms with E-state index in [-0.39, 0.29) is 17.1 Å². The van der Waals surface area contributed by atoms with Gasteiger partial charge in [-0.15, -0.1) is 0 Å². The molecule has 0 aliphatic heterocycles. The maximum atomic E-state index is 13.1. The lowest BCUT2D eigenvalue weighted by atomic mass is 9.96. The molecule has 3 rings (SSSR count). The average Bonchev–Trinajstić information content (AvgIpc) is 3.51. The van der Waals surface area contributed by atoms with Crippen LogP contribution in [0.4, 0.5) is 4.39 Å². The Balaban J connectivity index is 1.65. The molecule has 0 spiro atoms. The average molecular weight is 385 g/mol. The number of amides is 1. The number of nitrogens with one attached hydrogen (secondary N) is 1. The summed E-state index contributed by atoms with van der Waals surface area (Å²) in [7, 11) is 4.63. The molecule has 148 valence electrons. The van der Waals surface area contributed by atoms with E-state index in [1.807, 2.05) is 0 Å². The van der Waals surface area contributed by atoms with Gasteiger partial charge in [0.1, 0.15) is 5.82 Å². The molecular formula is C22H24FNO4. The monoisotopic (exact) mass is 385 g/mol. The number of benzene rings is 2. The van der Waals surface area contributed by atoms with Gasteiger partial charge in [-0.2, -0.15) is 0 Å². The number of ether oxygens (including phenoxy) is 3. The topological polar surface area (TPSA) is 56.8 Å². The van der Waals surface area contributed by atoms with Crippen molar-refractivity contribution in [3.8, 4) is 17.2 Å². The van der Waals surface area contributed by atoms with Gasteiger partial charge in [0, 0.05) is 18.0 Å². The van der Waals surface area contributed by atoms with Crippen LogP contribution in [0, 0.1) is 5.82 Å². The zero-order valence-electron chi connectivity index (χ0n) is 16.3. The minimum Gasteiger partial charge on any atom is -0.493 e. The second-order valence-electron chi connectivity index (χ2n) is 6.80. The SMILES string of the molecule is COc1cc(C=CC(=O)NCC2(c3ccc(F)cc3)CC2)cc(OC)c1OC. The van der Waals surface area contributed by atoms with Crippen molar-refractivity contribution in [3.63, 3.8) is 0 Å². The molecule has 2 aromatic carbocycles. The molecule has 0 heterocycles. The van der Waals surface area contributed by atoms with E-state index >= 15 is 0 Å². The largest absolute Gasteiger partial charge is 0.493 e. The molecule has 1 N–H and O–H groups in total. The first-order valence-electron chi connectivity index (χ1n) is 9.03. The van der Waals surface area contributed by atoms with Crippen LogP contribution in [0.1, 0.15) is 24.0 Å². The van der Waals surface area contributed by atoms with Crippen molar-refractivity contribution in [3.05, 3.63) is 59.4 Å². The van der Waals surface area contributed by atoms with E-state index in [9.17, 15) is 9.18 Å². The summed E-state index contributed by atoms with van der Waals surface area (Å²) >= 11 is 0. The summed E-state index contributed by atoms with van der Waals surface area (Å²) in [5, 5.41) is 2.94. The zero-order chi connectivity index (χ0) is 20.1. The van der Waals surface area contributed by atoms with E-state index in [1.165, 1.54) is 25.3 Å². The standard InChI is InChI=1S/C22H24FNO4/c1-26-18-12-15(13-19(27-2)21(18)28-3)4-9-20(25)24-14-22(10-11-22)16-5-7-17(23)8-6-16/h4-9,12-13H,10-11,14H2,1-3H3,(H,24,25). The lowest BCUT2D eigenvalue weighted by molar-refractivity contribution is -0.116. The molecule has 1 fully saturated rings. The molecule has 0 radical (unpaired) electrons. The highest BCUT2D eigenvalue weighted by Crippen LogP contribution is 2.47. The molecule has 1 aliphatic rings. The smallest absolute Gasteiger partial charge is 0.244 e. The van der Waals surface area contributed by atoms with Crippen molar-refractivity contribution in [2.24, 2.45) is 0 Å². The number of carbonyl (C=O) groups excluding carboxylic acids is 1. The Hall–Kier alpha value is -3.02. The first-order chi connectivity index (χ1) is 13.5. The van der Waals surface area contributed by atoms with Crippen molar-refractivity contribution in [1.82, 2.24) is 5.32 Å². The third kappa shape index (κ3) is 4.27. The van der Waals surface area contributed by atoms with E-state index < -0.39 is 0 Å². The lowest BCUT2D eigenvalue weighted by Gasteiger charge is -2.16. The summed E-state index contributed by atoms with van der Waals surface area (Å²) in [4.78, 5) is 12.3. The van der Waals surface area contributed by atoms with Crippen LogP contribution in [0.3, 0.4) is 0 Å². The van der Waals surface area contributed by atoms with Crippen LogP contribution >= 0.6 is 0 Å². The molecule has 1 aliphatic carbocycles. The predicted molar refractivity (Wildman–Crippen MR) is 105 cm³/mol. The van der Waals surface area contributed by atoms with Crippen molar-refractivity contribution >= 4 is 12.0 Å². The minimum absolute atomic E-state index is 0.0796. The molecule has 1 amide bonds. The number of carbonyl (C=O) groups is 1. The molecule has 5 nitrogen and oxygen atoms in total. The molecule has 1 saturated carbocycles. The van der Waals surface area contributed by atoms with E-state index in [0.717, 1.165) is 24.0 Å². The fraction of sp³-hybridized carbons (Fsp3) is 0.318. The second kappa shape index (κ2) is 8.33. The molecule has 0 saturated heterocycles. The van der Waals surface area contributed by atoms with Crippen molar-refractivity contribution in [2.45, 2.75) is 18.3 Å². The summed E-state index contributed by atoms with van der Waals surface area (Å²) in [6, 6.07) is 10.0. The third-order valence-electron chi connectivity index (χ3n) is 5.03. The van der Waals surface area contributed by atoms with Crippen LogP contribution in [-0.2, 0) is 10.2 Å². The van der Waals surface area contributed by atoms with Crippen LogP contribution in [0.5, 0.6) is 17.2 Å². The van der Waals surface area contributed by atoms with Gasteiger partial charge in [0.2, 0.25) is 11.7 Å². The number of rotatable bonds is 8. The number of hydrogen-bond acceptors (Lipinski definition) is 4. The normalized spacial score (nSPS) is 14.6. The Bertz CT molecular complexity index is 848. The van der Waals surface area contributed by atoms with Gasteiger partial charge in [0.25, 0.3) is 0 Å². The Morgan fingerprint density at radius 3 is 2.18 bits per heavy atom. The van der Waals surface area contributed by atoms with Crippen molar-refractivity contribution in [2.75, 3.05) is 27.9 Å². The fourth-order valence-corrected chi connectivity index (χ4v) is 3.21. The van der Waals surface area contributed by atoms with Gasteiger partial charge >= 0.3 is 0 Å². The summed E-state index contributed by atoms with van der Waals surface area (Å²) in [5.41, 5.74) is 1.73. The van der Waals surface area contributed by atoms with E-state index in [0.29, 0.717) is 23.8 Å². The van der Waals surface area contributed by atoms with Crippen LogP contribution in [0.25, 0.3) is 6.08 Å². The van der Waals surface area contributed by atoms with Crippen LogP contribution in [0.2, 0.25) is 0 Å². The summed E-state index contributed by atoms with van der Waals surface area (Å²) in [6.45, 7) is 0.525. The van der Waals surface area contributed by atoms with Gasteiger partial charge in [-0.3, -0.25) is 4.79 Å². The lowest BCUT2D eigenvalue weighted by Crippen LogP contribution is -2.31. The van der Waals surface area contributed by atoms with Gasteiger partial charge in [0.05, 0.1) is 21.3 Å². The summed E-state index contributed by atoms with van der Waals surface area (Å²) in [5.74, 6) is 1.10. The highest BCUT2D eigenvalue weighted by molar-refractivity contribution is 5.92. The molecule has 0 aromatic heterocycles. The molecule has 28 heavy (non-hydrogen) atoms. The molecule has 0 atom stereocenters. The summed E-state index contributed by atoms with van der Waals surface area (Å²) in [6.07, 6.45) is 5.13. The molecule has 2 aromatic rings. The number of halogens is 1. The van der Waals surface area contributed by atoms with Crippen LogP contribution < -0.4 is 19.5 Å². The van der Waals surface area contributed by atoms with Gasteiger partial charge in [-0.25, -0.2) is 4.39 Å². The van der Waals surface area contributed by atoms with Crippen molar-refractivity contribution < 1.29 is 23.4 Å². The Morgan fingerprint density at radius 1 is 1.07 bits per heavy atom. The van der Waals surface area contributed by atoms with Gasteiger partial charge in [0.15, 0.2) is 11.5 Å². The molecular weight excluding hydrogens is 361 g/mol. The Kier molecular flexibility index (Phi) is 5.87. The minimum atomic E-state index is -0.253. The molecule has 0 bridgehead atoms. The summed E-state index contributed by atoms with van der Waals surface area (Å²) < 4.78 is 29.1. The van der Waals surface area contributed by atoms with Gasteiger partial charge < -0.3 is 19.5 Å². The quantitative estimate of drug-likeness (QED) is 0.704. The second-order valence-corrected chi connectivity index (χ2v) is 6.80. The van der Waals surface area contributed by atoms with E-state index in [4.69, 9.17) is 14.2 Å². The highest BCUT2D eigenvalue weighted by Gasteiger charge is 2.44. The van der Waals surface area contributed by atoms with Crippen LogP contribution in [-0.4, -0.2) is 33.8 Å². The van der Waals surface area contributed by atoms with E-state index in [2.05, 4.69) is 5.32 Å². The first-order valence-corrected chi connectivity index (χ1v) is 9.03. The van der Waals surface area contributed by atoms with Gasteiger partial charge in [-0.05, 0) is 54.3 Å².